The van der Waals surface area contributed by atoms with Crippen LogP contribution in [0, 0.1) is 0 Å². The van der Waals surface area contributed by atoms with E-state index in [-0.39, 0.29) is 24.0 Å². The van der Waals surface area contributed by atoms with Crippen LogP contribution in [0.1, 0.15) is 49.2 Å². The molecule has 1 atom stereocenters. The summed E-state index contributed by atoms with van der Waals surface area (Å²) in [4.78, 5) is 9.34. The molecular formula is C23H37IN6O. The van der Waals surface area contributed by atoms with Crippen LogP contribution in [0.2, 0.25) is 0 Å². The molecule has 1 aromatic heterocycles. The SMILES string of the molecule is CN=C(NCCCN1CCN(C)CC1c1ccccc1)NCc1cc(C(C)C)no1.I. The molecule has 0 bridgehead atoms. The second-order valence-electron chi connectivity index (χ2n) is 8.30. The molecular weight excluding hydrogens is 503 g/mol. The Hall–Kier alpha value is -1.65. The highest BCUT2D eigenvalue weighted by Crippen LogP contribution is 2.24. The van der Waals surface area contributed by atoms with Crippen molar-refractivity contribution >= 4 is 29.9 Å². The van der Waals surface area contributed by atoms with Crippen LogP contribution in [-0.2, 0) is 6.54 Å². The Bertz CT molecular complexity index is 794. The fourth-order valence-corrected chi connectivity index (χ4v) is 3.78. The summed E-state index contributed by atoms with van der Waals surface area (Å²) in [5.41, 5.74) is 2.39. The minimum atomic E-state index is 0. The van der Waals surface area contributed by atoms with Crippen molar-refractivity contribution in [3.8, 4) is 0 Å². The number of aromatic nitrogens is 1. The van der Waals surface area contributed by atoms with Crippen LogP contribution >= 0.6 is 24.0 Å². The summed E-state index contributed by atoms with van der Waals surface area (Å²) >= 11 is 0. The molecule has 2 aromatic rings. The molecule has 2 N–H and O–H groups in total. The van der Waals surface area contributed by atoms with E-state index in [0.29, 0.717) is 18.5 Å². The second-order valence-corrected chi connectivity index (χ2v) is 8.30. The summed E-state index contributed by atoms with van der Waals surface area (Å²) in [6, 6.07) is 13.3. The topological polar surface area (TPSA) is 68.9 Å². The van der Waals surface area contributed by atoms with Gasteiger partial charge in [0.2, 0.25) is 0 Å². The first-order valence-corrected chi connectivity index (χ1v) is 10.9. The molecule has 0 saturated carbocycles. The summed E-state index contributed by atoms with van der Waals surface area (Å²) in [6.07, 6.45) is 1.06. The van der Waals surface area contributed by atoms with Crippen LogP contribution in [0.15, 0.2) is 45.9 Å². The zero-order valence-electron chi connectivity index (χ0n) is 19.2. The Morgan fingerprint density at radius 3 is 2.68 bits per heavy atom. The highest BCUT2D eigenvalue weighted by atomic mass is 127. The minimum Gasteiger partial charge on any atom is -0.359 e. The molecule has 31 heavy (non-hydrogen) atoms. The van der Waals surface area contributed by atoms with Crippen LogP contribution in [0.4, 0.5) is 0 Å². The third-order valence-corrected chi connectivity index (χ3v) is 5.62. The fourth-order valence-electron chi connectivity index (χ4n) is 3.78. The zero-order valence-corrected chi connectivity index (χ0v) is 21.5. The summed E-state index contributed by atoms with van der Waals surface area (Å²) in [5, 5.41) is 10.8. The van der Waals surface area contributed by atoms with Gasteiger partial charge in [0, 0.05) is 51.9 Å². The summed E-state index contributed by atoms with van der Waals surface area (Å²) in [5.74, 6) is 1.98. The van der Waals surface area contributed by atoms with Gasteiger partial charge in [-0.25, -0.2) is 0 Å². The van der Waals surface area contributed by atoms with Crippen molar-refractivity contribution in [3.05, 3.63) is 53.4 Å². The van der Waals surface area contributed by atoms with Gasteiger partial charge in [0.05, 0.1) is 12.2 Å². The molecule has 1 aromatic carbocycles. The van der Waals surface area contributed by atoms with Gasteiger partial charge in [0.15, 0.2) is 11.7 Å². The second kappa shape index (κ2) is 13.0. The normalized spacial score (nSPS) is 18.1. The van der Waals surface area contributed by atoms with Crippen LogP contribution in [-0.4, -0.2) is 67.7 Å². The molecule has 1 unspecified atom stereocenters. The lowest BCUT2D eigenvalue weighted by atomic mass is 10.0. The highest BCUT2D eigenvalue weighted by molar-refractivity contribution is 14.0. The number of piperazine rings is 1. The van der Waals surface area contributed by atoms with Crippen molar-refractivity contribution in [2.45, 2.75) is 38.8 Å². The van der Waals surface area contributed by atoms with E-state index in [1.807, 2.05) is 6.07 Å². The summed E-state index contributed by atoms with van der Waals surface area (Å²) in [6.45, 7) is 10.0. The van der Waals surface area contributed by atoms with Crippen LogP contribution in [0.3, 0.4) is 0 Å². The van der Waals surface area contributed by atoms with Crippen LogP contribution in [0.5, 0.6) is 0 Å². The van der Waals surface area contributed by atoms with Crippen LogP contribution in [0.25, 0.3) is 0 Å². The van der Waals surface area contributed by atoms with Gasteiger partial charge in [-0.1, -0.05) is 49.3 Å². The first-order chi connectivity index (χ1) is 14.6. The average molecular weight is 540 g/mol. The van der Waals surface area contributed by atoms with E-state index >= 15 is 0 Å². The van der Waals surface area contributed by atoms with E-state index in [4.69, 9.17) is 4.52 Å². The largest absolute Gasteiger partial charge is 0.359 e. The average Bonchev–Trinajstić information content (AvgIpc) is 3.24. The maximum Gasteiger partial charge on any atom is 0.191 e. The van der Waals surface area contributed by atoms with Gasteiger partial charge in [-0.2, -0.15) is 0 Å². The van der Waals surface area contributed by atoms with Crippen molar-refractivity contribution in [1.82, 2.24) is 25.6 Å². The molecule has 8 heteroatoms. The molecule has 1 aliphatic rings. The smallest absolute Gasteiger partial charge is 0.191 e. The quantitative estimate of drug-likeness (QED) is 0.232. The molecule has 1 saturated heterocycles. The number of likely N-dealkylation sites (N-methyl/N-ethyl adjacent to an activating group) is 1. The van der Waals surface area contributed by atoms with Crippen molar-refractivity contribution in [1.29, 1.82) is 0 Å². The number of halogens is 1. The third kappa shape index (κ3) is 7.76. The van der Waals surface area contributed by atoms with Crippen LogP contribution < -0.4 is 10.6 Å². The number of nitrogens with one attached hydrogen (secondary N) is 2. The fraction of sp³-hybridized carbons (Fsp3) is 0.565. The van der Waals surface area contributed by atoms with Crippen molar-refractivity contribution in [2.24, 2.45) is 4.99 Å². The maximum atomic E-state index is 5.38. The minimum absolute atomic E-state index is 0. The number of hydrogen-bond donors (Lipinski definition) is 2. The first-order valence-electron chi connectivity index (χ1n) is 10.9. The monoisotopic (exact) mass is 540 g/mol. The predicted molar refractivity (Wildman–Crippen MR) is 137 cm³/mol. The molecule has 3 rings (SSSR count). The molecule has 2 heterocycles. The van der Waals surface area contributed by atoms with Gasteiger partial charge in [0.1, 0.15) is 0 Å². The van der Waals surface area contributed by atoms with E-state index in [0.717, 1.165) is 56.6 Å². The van der Waals surface area contributed by atoms with Gasteiger partial charge >= 0.3 is 0 Å². The number of nitrogens with zero attached hydrogens (tertiary/aromatic N) is 4. The Morgan fingerprint density at radius 1 is 1.23 bits per heavy atom. The molecule has 0 aliphatic carbocycles. The van der Waals surface area contributed by atoms with Crippen molar-refractivity contribution < 1.29 is 4.52 Å². The van der Waals surface area contributed by atoms with Gasteiger partial charge in [-0.15, -0.1) is 24.0 Å². The van der Waals surface area contributed by atoms with Crippen molar-refractivity contribution in [3.63, 3.8) is 0 Å². The van der Waals surface area contributed by atoms with Crippen molar-refractivity contribution in [2.75, 3.05) is 46.8 Å². The lowest BCUT2D eigenvalue weighted by molar-refractivity contribution is 0.0891. The highest BCUT2D eigenvalue weighted by Gasteiger charge is 2.25. The predicted octanol–water partition coefficient (Wildman–Crippen LogP) is 3.46. The lowest BCUT2D eigenvalue weighted by Gasteiger charge is -2.40. The van der Waals surface area contributed by atoms with E-state index in [1.165, 1.54) is 5.56 Å². The Balaban J connectivity index is 0.00000341. The molecule has 0 spiro atoms. The van der Waals surface area contributed by atoms with Gasteiger partial charge < -0.3 is 20.1 Å². The third-order valence-electron chi connectivity index (χ3n) is 5.62. The number of aliphatic imine (C=N–C) groups is 1. The Morgan fingerprint density at radius 2 is 2.00 bits per heavy atom. The number of benzene rings is 1. The van der Waals surface area contributed by atoms with E-state index in [2.05, 4.69) is 81.8 Å². The van der Waals surface area contributed by atoms with Gasteiger partial charge in [-0.05, 0) is 24.9 Å². The molecule has 7 nitrogen and oxygen atoms in total. The van der Waals surface area contributed by atoms with E-state index in [9.17, 15) is 0 Å². The van der Waals surface area contributed by atoms with E-state index < -0.39 is 0 Å². The first kappa shape index (κ1) is 25.6. The Labute approximate surface area is 203 Å². The number of rotatable bonds is 8. The van der Waals surface area contributed by atoms with E-state index in [1.54, 1.807) is 7.05 Å². The molecule has 172 valence electrons. The maximum absolute atomic E-state index is 5.38. The molecule has 1 aliphatic heterocycles. The molecule has 1 fully saturated rings. The zero-order chi connectivity index (χ0) is 21.3. The summed E-state index contributed by atoms with van der Waals surface area (Å²) < 4.78 is 5.38. The Kier molecular flexibility index (Phi) is 10.8. The molecule has 0 radical (unpaired) electrons. The lowest BCUT2D eigenvalue weighted by Crippen LogP contribution is -2.47. The number of hydrogen-bond acceptors (Lipinski definition) is 5. The standard InChI is InChI=1S/C23H36N6O.HI/c1-18(2)21-15-20(30-27-21)16-26-23(24-3)25-11-8-12-29-14-13-28(4)17-22(29)19-9-6-5-7-10-19;/h5-7,9-10,15,18,22H,8,11-14,16-17H2,1-4H3,(H2,24,25,26);1H. The van der Waals surface area contributed by atoms with Gasteiger partial charge in [-0.3, -0.25) is 9.89 Å². The van der Waals surface area contributed by atoms with Gasteiger partial charge in [0.25, 0.3) is 0 Å². The number of guanidine groups is 1. The molecule has 0 amide bonds. The summed E-state index contributed by atoms with van der Waals surface area (Å²) in [7, 11) is 4.00.